The molecule has 1 fully saturated rings. The standard InChI is InChI=1S/C11H23NS/c1-8(2)11-12(9(3)4)10(5)6-7-13-11/h8-11H,6-7H2,1-5H3. The van der Waals surface area contributed by atoms with Crippen LogP contribution in [-0.4, -0.2) is 28.1 Å². The lowest BCUT2D eigenvalue weighted by molar-refractivity contribution is 0.115. The molecule has 1 saturated heterocycles. The Labute approximate surface area is 87.3 Å². The van der Waals surface area contributed by atoms with Gasteiger partial charge in [-0.1, -0.05) is 13.8 Å². The summed E-state index contributed by atoms with van der Waals surface area (Å²) in [5.41, 5.74) is 0. The molecular formula is C11H23NS. The van der Waals surface area contributed by atoms with Crippen molar-refractivity contribution in [1.82, 2.24) is 4.90 Å². The van der Waals surface area contributed by atoms with Crippen LogP contribution in [0.4, 0.5) is 0 Å². The van der Waals surface area contributed by atoms with Crippen molar-refractivity contribution in [2.24, 2.45) is 5.92 Å². The lowest BCUT2D eigenvalue weighted by Crippen LogP contribution is -2.49. The minimum atomic E-state index is 0.690. The van der Waals surface area contributed by atoms with Gasteiger partial charge in [0.15, 0.2) is 0 Å². The molecule has 13 heavy (non-hydrogen) atoms. The molecule has 78 valence electrons. The number of hydrogen-bond acceptors (Lipinski definition) is 2. The van der Waals surface area contributed by atoms with E-state index in [1.54, 1.807) is 0 Å². The van der Waals surface area contributed by atoms with Crippen LogP contribution in [0.2, 0.25) is 0 Å². The lowest BCUT2D eigenvalue weighted by Gasteiger charge is -2.44. The molecule has 2 heteroatoms. The zero-order chi connectivity index (χ0) is 10.0. The van der Waals surface area contributed by atoms with Crippen molar-refractivity contribution in [3.8, 4) is 0 Å². The van der Waals surface area contributed by atoms with E-state index in [1.165, 1.54) is 12.2 Å². The Morgan fingerprint density at radius 2 is 1.85 bits per heavy atom. The average Bonchev–Trinajstić information content (AvgIpc) is 2.02. The Morgan fingerprint density at radius 1 is 1.23 bits per heavy atom. The highest BCUT2D eigenvalue weighted by Gasteiger charge is 2.31. The highest BCUT2D eigenvalue weighted by atomic mass is 32.2. The highest BCUT2D eigenvalue weighted by molar-refractivity contribution is 7.99. The van der Waals surface area contributed by atoms with E-state index in [-0.39, 0.29) is 0 Å². The predicted octanol–water partition coefficient (Wildman–Crippen LogP) is 3.20. The van der Waals surface area contributed by atoms with Crippen molar-refractivity contribution in [2.45, 2.75) is 58.5 Å². The fourth-order valence-electron chi connectivity index (χ4n) is 2.18. The van der Waals surface area contributed by atoms with Crippen molar-refractivity contribution in [3.63, 3.8) is 0 Å². The summed E-state index contributed by atoms with van der Waals surface area (Å²) >= 11 is 2.14. The minimum absolute atomic E-state index is 0.690. The van der Waals surface area contributed by atoms with Gasteiger partial charge in [-0.15, -0.1) is 11.8 Å². The molecule has 0 amide bonds. The summed E-state index contributed by atoms with van der Waals surface area (Å²) in [4.78, 5) is 2.68. The largest absolute Gasteiger partial charge is 0.286 e. The number of nitrogens with zero attached hydrogens (tertiary/aromatic N) is 1. The van der Waals surface area contributed by atoms with Gasteiger partial charge >= 0.3 is 0 Å². The van der Waals surface area contributed by atoms with Gasteiger partial charge in [0.05, 0.1) is 5.37 Å². The molecule has 0 bridgehead atoms. The quantitative estimate of drug-likeness (QED) is 0.675. The first-order chi connectivity index (χ1) is 6.04. The number of rotatable bonds is 2. The molecule has 2 unspecified atom stereocenters. The summed E-state index contributed by atoms with van der Waals surface area (Å²) in [5.74, 6) is 2.11. The normalized spacial score (nSPS) is 31.6. The molecule has 0 aliphatic carbocycles. The summed E-state index contributed by atoms with van der Waals surface area (Å²) in [6.45, 7) is 11.7. The van der Waals surface area contributed by atoms with Gasteiger partial charge in [-0.3, -0.25) is 4.90 Å². The molecule has 0 aromatic rings. The zero-order valence-electron chi connectivity index (χ0n) is 9.58. The average molecular weight is 201 g/mol. The smallest absolute Gasteiger partial charge is 0.0585 e. The van der Waals surface area contributed by atoms with E-state index >= 15 is 0 Å². The van der Waals surface area contributed by atoms with Crippen LogP contribution in [0.25, 0.3) is 0 Å². The first-order valence-corrected chi connectivity index (χ1v) is 6.48. The molecule has 0 spiro atoms. The van der Waals surface area contributed by atoms with E-state index < -0.39 is 0 Å². The van der Waals surface area contributed by atoms with Gasteiger partial charge in [0.1, 0.15) is 0 Å². The van der Waals surface area contributed by atoms with Gasteiger partial charge in [0.25, 0.3) is 0 Å². The maximum Gasteiger partial charge on any atom is 0.0585 e. The first kappa shape index (κ1) is 11.4. The maximum atomic E-state index is 2.68. The molecule has 1 heterocycles. The number of hydrogen-bond donors (Lipinski definition) is 0. The summed E-state index contributed by atoms with van der Waals surface area (Å²) in [6, 6.07) is 1.46. The van der Waals surface area contributed by atoms with Crippen LogP contribution in [0.5, 0.6) is 0 Å². The first-order valence-electron chi connectivity index (χ1n) is 5.43. The van der Waals surface area contributed by atoms with E-state index in [1.807, 2.05) is 0 Å². The monoisotopic (exact) mass is 201 g/mol. The third kappa shape index (κ3) is 2.63. The van der Waals surface area contributed by atoms with Gasteiger partial charge in [-0.05, 0) is 38.9 Å². The summed E-state index contributed by atoms with van der Waals surface area (Å²) in [5, 5.41) is 0.740. The second-order valence-electron chi connectivity index (χ2n) is 4.68. The van der Waals surface area contributed by atoms with E-state index in [0.717, 1.165) is 17.3 Å². The second-order valence-corrected chi connectivity index (χ2v) is 5.91. The molecule has 1 aliphatic rings. The van der Waals surface area contributed by atoms with Crippen molar-refractivity contribution in [1.29, 1.82) is 0 Å². The van der Waals surface area contributed by atoms with Crippen LogP contribution in [-0.2, 0) is 0 Å². The van der Waals surface area contributed by atoms with Crippen LogP contribution in [0.15, 0.2) is 0 Å². The Balaban J connectivity index is 2.68. The molecule has 1 aliphatic heterocycles. The van der Waals surface area contributed by atoms with E-state index in [0.29, 0.717) is 6.04 Å². The van der Waals surface area contributed by atoms with Crippen LogP contribution in [0.1, 0.15) is 41.0 Å². The Hall–Kier alpha value is 0.310. The minimum Gasteiger partial charge on any atom is -0.286 e. The van der Waals surface area contributed by atoms with E-state index in [2.05, 4.69) is 51.3 Å². The summed E-state index contributed by atoms with van der Waals surface area (Å²) in [6.07, 6.45) is 1.35. The van der Waals surface area contributed by atoms with Crippen LogP contribution >= 0.6 is 11.8 Å². The predicted molar refractivity (Wildman–Crippen MR) is 62.1 cm³/mol. The molecule has 1 nitrogen and oxygen atoms in total. The van der Waals surface area contributed by atoms with Crippen molar-refractivity contribution < 1.29 is 0 Å². The van der Waals surface area contributed by atoms with Crippen molar-refractivity contribution >= 4 is 11.8 Å². The molecule has 0 saturated carbocycles. The molecular weight excluding hydrogens is 178 g/mol. The lowest BCUT2D eigenvalue weighted by atomic mass is 10.1. The Bertz CT molecular complexity index is 156. The third-order valence-electron chi connectivity index (χ3n) is 2.79. The topological polar surface area (TPSA) is 3.24 Å². The van der Waals surface area contributed by atoms with Crippen LogP contribution in [0, 0.1) is 5.92 Å². The summed E-state index contributed by atoms with van der Waals surface area (Å²) in [7, 11) is 0. The Morgan fingerprint density at radius 3 is 2.23 bits per heavy atom. The van der Waals surface area contributed by atoms with Crippen molar-refractivity contribution in [3.05, 3.63) is 0 Å². The molecule has 0 aromatic carbocycles. The maximum absolute atomic E-state index is 2.68. The third-order valence-corrected chi connectivity index (χ3v) is 4.39. The molecule has 1 rings (SSSR count). The van der Waals surface area contributed by atoms with Crippen molar-refractivity contribution in [2.75, 3.05) is 5.75 Å². The van der Waals surface area contributed by atoms with Gasteiger partial charge in [0, 0.05) is 12.1 Å². The van der Waals surface area contributed by atoms with E-state index in [9.17, 15) is 0 Å². The highest BCUT2D eigenvalue weighted by Crippen LogP contribution is 2.33. The fourth-order valence-corrected chi connectivity index (χ4v) is 3.91. The number of thioether (sulfide) groups is 1. The van der Waals surface area contributed by atoms with E-state index in [4.69, 9.17) is 0 Å². The second kappa shape index (κ2) is 4.70. The SMILES string of the molecule is CC(C)C1SCCC(C)N1C(C)C. The fraction of sp³-hybridized carbons (Fsp3) is 1.00. The summed E-state index contributed by atoms with van der Waals surface area (Å²) < 4.78 is 0. The molecule has 0 N–H and O–H groups in total. The van der Waals surface area contributed by atoms with Crippen LogP contribution in [0.3, 0.4) is 0 Å². The zero-order valence-corrected chi connectivity index (χ0v) is 10.4. The Kier molecular flexibility index (Phi) is 4.11. The van der Waals surface area contributed by atoms with Crippen LogP contribution < -0.4 is 0 Å². The van der Waals surface area contributed by atoms with Gasteiger partial charge in [-0.25, -0.2) is 0 Å². The van der Waals surface area contributed by atoms with Gasteiger partial charge in [0.2, 0.25) is 0 Å². The van der Waals surface area contributed by atoms with Gasteiger partial charge in [-0.2, -0.15) is 0 Å². The molecule has 2 atom stereocenters. The molecule has 0 aromatic heterocycles. The molecule has 0 radical (unpaired) electrons. The van der Waals surface area contributed by atoms with Gasteiger partial charge < -0.3 is 0 Å².